The van der Waals surface area contributed by atoms with Gasteiger partial charge in [-0.1, -0.05) is 5.16 Å². The van der Waals surface area contributed by atoms with E-state index in [-0.39, 0.29) is 11.7 Å². The average Bonchev–Trinajstić information content (AvgIpc) is 2.79. The summed E-state index contributed by atoms with van der Waals surface area (Å²) < 4.78 is 4.90. The summed E-state index contributed by atoms with van der Waals surface area (Å²) in [4.78, 5) is 14.1. The van der Waals surface area contributed by atoms with E-state index in [1.807, 2.05) is 7.05 Å². The molecular weight excluding hydrogens is 232 g/mol. The van der Waals surface area contributed by atoms with E-state index in [0.29, 0.717) is 18.5 Å². The highest BCUT2D eigenvalue weighted by Gasteiger charge is 2.36. The van der Waals surface area contributed by atoms with E-state index in [1.54, 1.807) is 13.0 Å². The molecule has 1 aromatic rings. The topological polar surface area (TPSA) is 82.2 Å². The van der Waals surface area contributed by atoms with Gasteiger partial charge in [0, 0.05) is 19.2 Å². The largest absolute Gasteiger partial charge is 0.351 e. The number of aryl methyl sites for hydroxylation is 1. The molecule has 6 heteroatoms. The number of carbonyl (C=O) groups excluding carboxylic acids is 1. The van der Waals surface area contributed by atoms with Crippen molar-refractivity contribution in [3.05, 3.63) is 17.5 Å². The first-order chi connectivity index (χ1) is 8.54. The van der Waals surface area contributed by atoms with Crippen LogP contribution in [0.5, 0.6) is 0 Å². The van der Waals surface area contributed by atoms with Crippen molar-refractivity contribution in [2.75, 3.05) is 20.1 Å². The van der Waals surface area contributed by atoms with Gasteiger partial charge in [0.2, 0.25) is 5.76 Å². The minimum atomic E-state index is -0.787. The highest BCUT2D eigenvalue weighted by Crippen LogP contribution is 2.21. The van der Waals surface area contributed by atoms with Crippen LogP contribution in [-0.4, -0.2) is 41.6 Å². The quantitative estimate of drug-likeness (QED) is 0.833. The number of carbonyl (C=O) groups is 1. The molecule has 2 heterocycles. The molecule has 0 aliphatic carbocycles. The van der Waals surface area contributed by atoms with Crippen LogP contribution in [-0.2, 0) is 0 Å². The number of likely N-dealkylation sites (tertiary alicyclic amines) is 1. The molecular formula is C12H16N4O2. The third-order valence-electron chi connectivity index (χ3n) is 3.26. The van der Waals surface area contributed by atoms with E-state index in [9.17, 15) is 10.1 Å². The summed E-state index contributed by atoms with van der Waals surface area (Å²) in [6.45, 7) is 3.34. The summed E-state index contributed by atoms with van der Waals surface area (Å²) in [7, 11) is 2.00. The lowest BCUT2D eigenvalue weighted by Crippen LogP contribution is -2.53. The molecule has 96 valence electrons. The lowest BCUT2D eigenvalue weighted by Gasteiger charge is -2.35. The maximum atomic E-state index is 12.0. The average molecular weight is 248 g/mol. The fourth-order valence-electron chi connectivity index (χ4n) is 2.01. The highest BCUT2D eigenvalue weighted by atomic mass is 16.5. The Kier molecular flexibility index (Phi) is 3.34. The minimum Gasteiger partial charge on any atom is -0.351 e. The molecule has 0 saturated carbocycles. The van der Waals surface area contributed by atoms with Gasteiger partial charge in [0.25, 0.3) is 5.91 Å². The Morgan fingerprint density at radius 2 is 2.28 bits per heavy atom. The standard InChI is InChI=1S/C12H16N4O2/c1-9-7-10(18-15-9)11(17)14-12(8-13)3-5-16(2)6-4-12/h7H,3-6H2,1-2H3,(H,14,17). The van der Waals surface area contributed by atoms with E-state index >= 15 is 0 Å². The number of aromatic nitrogens is 1. The molecule has 1 N–H and O–H groups in total. The SMILES string of the molecule is Cc1cc(C(=O)NC2(C#N)CCN(C)CC2)on1. The fourth-order valence-corrected chi connectivity index (χ4v) is 2.01. The van der Waals surface area contributed by atoms with Gasteiger partial charge < -0.3 is 14.7 Å². The summed E-state index contributed by atoms with van der Waals surface area (Å²) >= 11 is 0. The first-order valence-electron chi connectivity index (χ1n) is 5.90. The summed E-state index contributed by atoms with van der Waals surface area (Å²) in [6, 6.07) is 3.79. The van der Waals surface area contributed by atoms with Crippen molar-refractivity contribution in [1.82, 2.24) is 15.4 Å². The van der Waals surface area contributed by atoms with Gasteiger partial charge in [-0.15, -0.1) is 0 Å². The van der Waals surface area contributed by atoms with E-state index in [0.717, 1.165) is 13.1 Å². The van der Waals surface area contributed by atoms with E-state index in [1.165, 1.54) is 0 Å². The smallest absolute Gasteiger partial charge is 0.291 e. The molecule has 0 radical (unpaired) electrons. The molecule has 1 aromatic heterocycles. The van der Waals surface area contributed by atoms with Crippen LogP contribution in [0.1, 0.15) is 29.1 Å². The summed E-state index contributed by atoms with van der Waals surface area (Å²) in [5.41, 5.74) is -0.140. The number of rotatable bonds is 2. The Hall–Kier alpha value is -1.87. The lowest BCUT2D eigenvalue weighted by molar-refractivity contribution is 0.0844. The Labute approximate surface area is 106 Å². The second kappa shape index (κ2) is 4.78. The molecule has 1 saturated heterocycles. The maximum absolute atomic E-state index is 12.0. The Morgan fingerprint density at radius 1 is 1.61 bits per heavy atom. The van der Waals surface area contributed by atoms with Gasteiger partial charge in [-0.3, -0.25) is 4.79 Å². The van der Waals surface area contributed by atoms with E-state index < -0.39 is 5.54 Å². The predicted molar refractivity (Wildman–Crippen MR) is 63.8 cm³/mol. The van der Waals surface area contributed by atoms with Crippen LogP contribution < -0.4 is 5.32 Å². The minimum absolute atomic E-state index is 0.154. The molecule has 1 aliphatic heterocycles. The second-order valence-corrected chi connectivity index (χ2v) is 4.78. The number of amides is 1. The predicted octanol–water partition coefficient (Wildman–Crippen LogP) is 0.701. The van der Waals surface area contributed by atoms with Crippen LogP contribution in [0.3, 0.4) is 0 Å². The fraction of sp³-hybridized carbons (Fsp3) is 0.583. The van der Waals surface area contributed by atoms with Crippen molar-refractivity contribution in [3.8, 4) is 6.07 Å². The van der Waals surface area contributed by atoms with Gasteiger partial charge in [-0.05, 0) is 26.8 Å². The molecule has 0 aromatic carbocycles. The molecule has 0 unspecified atom stereocenters. The molecule has 0 atom stereocenters. The number of nitrogens with one attached hydrogen (secondary N) is 1. The second-order valence-electron chi connectivity index (χ2n) is 4.78. The van der Waals surface area contributed by atoms with Gasteiger partial charge in [0.15, 0.2) is 0 Å². The first kappa shape index (κ1) is 12.6. The Balaban J connectivity index is 2.07. The summed E-state index contributed by atoms with van der Waals surface area (Å²) in [5.74, 6) is -0.220. The third-order valence-corrected chi connectivity index (χ3v) is 3.26. The van der Waals surface area contributed by atoms with Crippen molar-refractivity contribution in [2.45, 2.75) is 25.3 Å². The maximum Gasteiger partial charge on any atom is 0.291 e. The van der Waals surface area contributed by atoms with Crippen LogP contribution in [0.15, 0.2) is 10.6 Å². The van der Waals surface area contributed by atoms with Crippen molar-refractivity contribution in [3.63, 3.8) is 0 Å². The Morgan fingerprint density at radius 3 is 2.78 bits per heavy atom. The molecule has 1 fully saturated rings. The molecule has 2 rings (SSSR count). The van der Waals surface area contributed by atoms with Crippen molar-refractivity contribution >= 4 is 5.91 Å². The van der Waals surface area contributed by atoms with Crippen LogP contribution in [0, 0.1) is 18.3 Å². The van der Waals surface area contributed by atoms with Gasteiger partial charge >= 0.3 is 0 Å². The number of hydrogen-bond acceptors (Lipinski definition) is 5. The third kappa shape index (κ3) is 2.51. The number of piperidine rings is 1. The normalized spacial score (nSPS) is 19.2. The lowest BCUT2D eigenvalue weighted by atomic mass is 9.89. The zero-order valence-corrected chi connectivity index (χ0v) is 10.6. The number of hydrogen-bond donors (Lipinski definition) is 1. The van der Waals surface area contributed by atoms with Gasteiger partial charge in [0.05, 0.1) is 11.8 Å². The van der Waals surface area contributed by atoms with Crippen molar-refractivity contribution in [1.29, 1.82) is 5.26 Å². The zero-order chi connectivity index (χ0) is 13.2. The van der Waals surface area contributed by atoms with E-state index in [2.05, 4.69) is 21.4 Å². The number of nitriles is 1. The van der Waals surface area contributed by atoms with Crippen molar-refractivity contribution < 1.29 is 9.32 Å². The molecule has 1 aliphatic rings. The van der Waals surface area contributed by atoms with Crippen LogP contribution in [0.25, 0.3) is 0 Å². The van der Waals surface area contributed by atoms with Crippen LogP contribution in [0.4, 0.5) is 0 Å². The number of nitrogens with zero attached hydrogens (tertiary/aromatic N) is 3. The molecule has 18 heavy (non-hydrogen) atoms. The van der Waals surface area contributed by atoms with Crippen LogP contribution in [0.2, 0.25) is 0 Å². The van der Waals surface area contributed by atoms with Gasteiger partial charge in [-0.25, -0.2) is 0 Å². The molecule has 6 nitrogen and oxygen atoms in total. The monoisotopic (exact) mass is 248 g/mol. The molecule has 0 bridgehead atoms. The summed E-state index contributed by atoms with van der Waals surface area (Å²) in [5, 5.41) is 15.7. The highest BCUT2D eigenvalue weighted by molar-refractivity contribution is 5.92. The van der Waals surface area contributed by atoms with Crippen molar-refractivity contribution in [2.24, 2.45) is 0 Å². The Bertz CT molecular complexity index is 481. The molecule has 1 amide bonds. The first-order valence-corrected chi connectivity index (χ1v) is 5.90. The van der Waals surface area contributed by atoms with Crippen LogP contribution >= 0.6 is 0 Å². The van der Waals surface area contributed by atoms with E-state index in [4.69, 9.17) is 4.52 Å². The zero-order valence-electron chi connectivity index (χ0n) is 10.6. The molecule has 0 spiro atoms. The summed E-state index contributed by atoms with van der Waals surface area (Å²) in [6.07, 6.45) is 1.25. The van der Waals surface area contributed by atoms with Gasteiger partial charge in [0.1, 0.15) is 5.54 Å². The van der Waals surface area contributed by atoms with Gasteiger partial charge in [-0.2, -0.15) is 5.26 Å².